The highest BCUT2D eigenvalue weighted by molar-refractivity contribution is 7.89. The van der Waals surface area contributed by atoms with Gasteiger partial charge in [0.15, 0.2) is 5.69 Å². The number of alkyl halides is 3. The molecule has 2 saturated heterocycles. The van der Waals surface area contributed by atoms with E-state index in [2.05, 4.69) is 15.3 Å². The van der Waals surface area contributed by atoms with E-state index in [9.17, 15) is 26.4 Å². The fourth-order valence-electron chi connectivity index (χ4n) is 4.59. The molecule has 2 aliphatic rings. The third kappa shape index (κ3) is 6.07. The van der Waals surface area contributed by atoms with Gasteiger partial charge in [-0.15, -0.1) is 0 Å². The van der Waals surface area contributed by atoms with Gasteiger partial charge in [-0.3, -0.25) is 14.4 Å². The predicted octanol–water partition coefficient (Wildman–Crippen LogP) is 2.96. The number of ether oxygens (including phenoxy) is 1. The molecule has 0 aliphatic carbocycles. The lowest BCUT2D eigenvalue weighted by Crippen LogP contribution is -2.46. The van der Waals surface area contributed by atoms with Crippen LogP contribution in [0.25, 0.3) is 0 Å². The number of halogens is 3. The van der Waals surface area contributed by atoms with E-state index < -0.39 is 27.8 Å². The monoisotopic (exact) mass is 529 g/mol. The predicted molar refractivity (Wildman–Crippen MR) is 126 cm³/mol. The number of hydrogen-bond acceptors (Lipinski definition) is 6. The Labute approximate surface area is 208 Å². The Kier molecular flexibility index (Phi) is 8.03. The molecule has 0 spiro atoms. The van der Waals surface area contributed by atoms with E-state index in [-0.39, 0.29) is 22.3 Å². The number of nitrogens with zero attached hydrogens (tertiary/aromatic N) is 4. The first-order valence-electron chi connectivity index (χ1n) is 11.9. The van der Waals surface area contributed by atoms with Crippen LogP contribution in [0.3, 0.4) is 0 Å². The van der Waals surface area contributed by atoms with Gasteiger partial charge in [0, 0.05) is 44.5 Å². The number of benzene rings is 1. The van der Waals surface area contributed by atoms with E-state index in [1.807, 2.05) is 0 Å². The molecule has 1 aromatic heterocycles. The summed E-state index contributed by atoms with van der Waals surface area (Å²) in [7, 11) is -2.50. The number of piperidine rings is 1. The summed E-state index contributed by atoms with van der Waals surface area (Å²) in [5.74, 6) is -0.782. The first-order valence-corrected chi connectivity index (χ1v) is 13.3. The van der Waals surface area contributed by atoms with Crippen molar-refractivity contribution in [3.8, 4) is 0 Å². The van der Waals surface area contributed by atoms with Gasteiger partial charge in [0.05, 0.1) is 18.1 Å². The Morgan fingerprint density at radius 2 is 1.83 bits per heavy atom. The Morgan fingerprint density at radius 1 is 1.14 bits per heavy atom. The van der Waals surface area contributed by atoms with Crippen LogP contribution in [0.15, 0.2) is 35.2 Å². The Balaban J connectivity index is 1.43. The van der Waals surface area contributed by atoms with E-state index >= 15 is 0 Å². The number of amides is 1. The summed E-state index contributed by atoms with van der Waals surface area (Å²) in [6.45, 7) is 4.36. The third-order valence-electron chi connectivity index (χ3n) is 6.58. The van der Waals surface area contributed by atoms with Crippen molar-refractivity contribution in [3.63, 3.8) is 0 Å². The van der Waals surface area contributed by atoms with Gasteiger partial charge in [-0.25, -0.2) is 8.42 Å². The molecule has 0 saturated carbocycles. The molecule has 2 fully saturated rings. The summed E-state index contributed by atoms with van der Waals surface area (Å²) in [5.41, 5.74) is -1.17. The number of aromatic nitrogens is 2. The molecule has 198 valence electrons. The summed E-state index contributed by atoms with van der Waals surface area (Å²) in [6.07, 6.45) is -1.33. The van der Waals surface area contributed by atoms with E-state index in [0.29, 0.717) is 25.8 Å². The quantitative estimate of drug-likeness (QED) is 0.593. The maximum atomic E-state index is 13.4. The van der Waals surface area contributed by atoms with Crippen molar-refractivity contribution in [2.24, 2.45) is 7.05 Å². The van der Waals surface area contributed by atoms with Gasteiger partial charge in [0.1, 0.15) is 5.69 Å². The lowest BCUT2D eigenvalue weighted by molar-refractivity contribution is -0.141. The van der Waals surface area contributed by atoms with Crippen molar-refractivity contribution >= 4 is 21.6 Å². The molecule has 1 N–H and O–H groups in total. The number of hydrogen-bond donors (Lipinski definition) is 1. The first kappa shape index (κ1) is 26.6. The minimum Gasteiger partial charge on any atom is -0.379 e. The molecule has 1 unspecified atom stereocenters. The van der Waals surface area contributed by atoms with Crippen molar-refractivity contribution in [3.05, 3.63) is 41.7 Å². The second kappa shape index (κ2) is 10.9. The van der Waals surface area contributed by atoms with E-state index in [4.69, 9.17) is 4.74 Å². The molecular weight excluding hydrogens is 499 g/mol. The number of nitrogens with one attached hydrogen (secondary N) is 1. The number of aryl methyl sites for hydroxylation is 1. The summed E-state index contributed by atoms with van der Waals surface area (Å²) in [4.78, 5) is 14.9. The first-order chi connectivity index (χ1) is 17.1. The van der Waals surface area contributed by atoms with Crippen molar-refractivity contribution in [1.82, 2.24) is 19.0 Å². The summed E-state index contributed by atoms with van der Waals surface area (Å²) < 4.78 is 73.3. The Morgan fingerprint density at radius 3 is 2.47 bits per heavy atom. The van der Waals surface area contributed by atoms with Crippen molar-refractivity contribution in [1.29, 1.82) is 0 Å². The van der Waals surface area contributed by atoms with Crippen LogP contribution in [0.4, 0.5) is 18.9 Å². The minimum absolute atomic E-state index is 0.0846. The van der Waals surface area contributed by atoms with Gasteiger partial charge >= 0.3 is 6.18 Å². The van der Waals surface area contributed by atoms with Crippen molar-refractivity contribution in [2.75, 3.05) is 44.7 Å². The standard InChI is InChI=1S/C23H30F3N5O4S/c1-29-20(16-21(28-29)23(24,25)26)22(32)27-17-5-7-19(8-6-17)36(33,34)31-10-3-2-4-18(31)9-11-30-12-14-35-15-13-30/h5-8,16,18H,2-4,9-15H2,1H3,(H,27,32). The molecule has 2 aliphatic heterocycles. The van der Waals surface area contributed by atoms with Crippen molar-refractivity contribution < 1.29 is 31.1 Å². The fourth-order valence-corrected chi connectivity index (χ4v) is 6.32. The molecule has 13 heteroatoms. The average Bonchev–Trinajstić information content (AvgIpc) is 3.26. The molecule has 1 aromatic carbocycles. The SMILES string of the molecule is Cn1nc(C(F)(F)F)cc1C(=O)Nc1ccc(S(=O)(=O)N2CCCCC2CCN2CCOCC2)cc1. The largest absolute Gasteiger partial charge is 0.435 e. The summed E-state index contributed by atoms with van der Waals surface area (Å²) in [5, 5.41) is 5.83. The second-order valence-electron chi connectivity index (χ2n) is 9.02. The minimum atomic E-state index is -4.67. The number of sulfonamides is 1. The Hall–Kier alpha value is -2.48. The van der Waals surface area contributed by atoms with Crippen LogP contribution in [0.2, 0.25) is 0 Å². The molecule has 0 bridgehead atoms. The van der Waals surface area contributed by atoms with Crippen LogP contribution in [-0.4, -0.2) is 78.7 Å². The molecule has 36 heavy (non-hydrogen) atoms. The maximum absolute atomic E-state index is 13.4. The number of carbonyl (C=O) groups excluding carboxylic acids is 1. The van der Waals surface area contributed by atoms with Gasteiger partial charge in [0.25, 0.3) is 5.91 Å². The van der Waals surface area contributed by atoms with Crippen molar-refractivity contribution in [2.45, 2.75) is 42.8 Å². The zero-order valence-corrected chi connectivity index (χ0v) is 20.8. The molecule has 3 heterocycles. The smallest absolute Gasteiger partial charge is 0.379 e. The van der Waals surface area contributed by atoms with E-state index in [1.54, 1.807) is 4.31 Å². The van der Waals surface area contributed by atoms with Gasteiger partial charge in [-0.05, 0) is 50.1 Å². The van der Waals surface area contributed by atoms with E-state index in [1.165, 1.54) is 31.3 Å². The summed E-state index contributed by atoms with van der Waals surface area (Å²) >= 11 is 0. The lowest BCUT2D eigenvalue weighted by Gasteiger charge is -2.36. The summed E-state index contributed by atoms with van der Waals surface area (Å²) in [6, 6.07) is 6.25. The van der Waals surface area contributed by atoms with Crippen LogP contribution in [-0.2, 0) is 28.0 Å². The topological polar surface area (TPSA) is 96.8 Å². The number of morpholine rings is 1. The molecule has 1 amide bonds. The van der Waals surface area contributed by atoms with Gasteiger partial charge in [-0.2, -0.15) is 22.6 Å². The number of anilines is 1. The highest BCUT2D eigenvalue weighted by atomic mass is 32.2. The van der Waals surface area contributed by atoms with Gasteiger partial charge in [0.2, 0.25) is 10.0 Å². The highest BCUT2D eigenvalue weighted by Gasteiger charge is 2.36. The lowest BCUT2D eigenvalue weighted by atomic mass is 10.0. The zero-order valence-electron chi connectivity index (χ0n) is 20.0. The molecule has 9 nitrogen and oxygen atoms in total. The van der Waals surface area contributed by atoms with Gasteiger partial charge < -0.3 is 10.1 Å². The van der Waals surface area contributed by atoms with Crippen LogP contribution in [0, 0.1) is 0 Å². The molecule has 4 rings (SSSR count). The third-order valence-corrected chi connectivity index (χ3v) is 8.54. The average molecular weight is 530 g/mol. The Bertz CT molecular complexity index is 1160. The fraction of sp³-hybridized carbons (Fsp3) is 0.565. The number of rotatable bonds is 7. The maximum Gasteiger partial charge on any atom is 0.435 e. The highest BCUT2D eigenvalue weighted by Crippen LogP contribution is 2.30. The normalized spacial score (nSPS) is 20.4. The number of carbonyl (C=O) groups is 1. The van der Waals surface area contributed by atoms with Crippen LogP contribution < -0.4 is 5.32 Å². The second-order valence-corrected chi connectivity index (χ2v) is 10.9. The van der Waals surface area contributed by atoms with Crippen LogP contribution in [0.5, 0.6) is 0 Å². The van der Waals surface area contributed by atoms with Crippen LogP contribution >= 0.6 is 0 Å². The zero-order chi connectivity index (χ0) is 25.9. The molecule has 1 atom stereocenters. The van der Waals surface area contributed by atoms with Crippen LogP contribution in [0.1, 0.15) is 41.9 Å². The molecule has 2 aromatic rings. The molecule has 0 radical (unpaired) electrons. The molecular formula is C23H30F3N5O4S. The van der Waals surface area contributed by atoms with E-state index in [0.717, 1.165) is 50.0 Å². The van der Waals surface area contributed by atoms with Gasteiger partial charge in [-0.1, -0.05) is 6.42 Å².